The monoisotopic (exact) mass is 442 g/mol. The van der Waals surface area contributed by atoms with Gasteiger partial charge in [-0.1, -0.05) is 36.4 Å². The lowest BCUT2D eigenvalue weighted by atomic mass is 10.1. The van der Waals surface area contributed by atoms with Crippen molar-refractivity contribution in [2.45, 2.75) is 32.2 Å². The van der Waals surface area contributed by atoms with Crippen molar-refractivity contribution in [2.75, 3.05) is 22.4 Å². The lowest BCUT2D eigenvalue weighted by Gasteiger charge is -2.22. The number of hydrogen-bond donors (Lipinski definition) is 2. The van der Waals surface area contributed by atoms with Gasteiger partial charge in [-0.15, -0.1) is 0 Å². The molecule has 0 spiro atoms. The number of amides is 2. The Labute approximate surface area is 182 Å². The van der Waals surface area contributed by atoms with Crippen LogP contribution in [0, 0.1) is 11.3 Å². The van der Waals surface area contributed by atoms with Gasteiger partial charge in [0.1, 0.15) is 0 Å². The number of nitrogens with zero attached hydrogens (tertiary/aromatic N) is 2. The van der Waals surface area contributed by atoms with Crippen molar-refractivity contribution in [3.05, 3.63) is 60.2 Å². The normalized spacial score (nSPS) is 11.8. The van der Waals surface area contributed by atoms with Crippen LogP contribution in [0.25, 0.3) is 0 Å². The highest BCUT2D eigenvalue weighted by atomic mass is 32.2. The van der Waals surface area contributed by atoms with Crippen LogP contribution in [-0.4, -0.2) is 33.0 Å². The highest BCUT2D eigenvalue weighted by molar-refractivity contribution is 7.92. The van der Waals surface area contributed by atoms with Gasteiger partial charge in [-0.25, -0.2) is 8.42 Å². The maximum absolute atomic E-state index is 12.7. The fourth-order valence-corrected chi connectivity index (χ4v) is 3.67. The van der Waals surface area contributed by atoms with E-state index in [-0.39, 0.29) is 37.6 Å². The molecule has 1 atom stereocenters. The number of anilines is 2. The highest BCUT2D eigenvalue weighted by Crippen LogP contribution is 2.23. The van der Waals surface area contributed by atoms with Gasteiger partial charge in [-0.05, 0) is 30.7 Å². The number of hydrogen-bond acceptors (Lipinski definition) is 5. The molecular weight excluding hydrogens is 416 g/mol. The molecule has 1 unspecified atom stereocenters. The van der Waals surface area contributed by atoms with Gasteiger partial charge in [0.25, 0.3) is 0 Å². The van der Waals surface area contributed by atoms with Crippen molar-refractivity contribution < 1.29 is 18.0 Å². The van der Waals surface area contributed by atoms with Crippen LogP contribution in [0.15, 0.2) is 54.6 Å². The number of nitrogens with one attached hydrogen (secondary N) is 2. The third-order valence-corrected chi connectivity index (χ3v) is 5.07. The first-order valence-corrected chi connectivity index (χ1v) is 11.7. The molecule has 2 aromatic rings. The van der Waals surface area contributed by atoms with E-state index in [2.05, 4.69) is 10.0 Å². The molecule has 2 aromatic carbocycles. The summed E-state index contributed by atoms with van der Waals surface area (Å²) in [5, 5.41) is 11.7. The van der Waals surface area contributed by atoms with E-state index >= 15 is 0 Å². The van der Waals surface area contributed by atoms with Crippen LogP contribution in [-0.2, 0) is 19.6 Å². The standard InChI is InChI=1S/C22H26N4O4S/c1-17(19-11-6-7-12-20(19)25-31(2,29)30)24-21(27)13-14-22(28)26(16-8-15-23)18-9-4-3-5-10-18/h3-7,9-12,17,25H,8,13-14,16H2,1-2H3,(H,24,27). The molecule has 2 N–H and O–H groups in total. The van der Waals surface area contributed by atoms with E-state index in [0.29, 0.717) is 16.9 Å². The molecule has 8 nitrogen and oxygen atoms in total. The molecule has 0 fully saturated rings. The summed E-state index contributed by atoms with van der Waals surface area (Å²) >= 11 is 0. The second-order valence-electron chi connectivity index (χ2n) is 7.04. The second-order valence-corrected chi connectivity index (χ2v) is 8.79. The zero-order valence-electron chi connectivity index (χ0n) is 17.5. The van der Waals surface area contributed by atoms with Crippen molar-refractivity contribution in [2.24, 2.45) is 0 Å². The van der Waals surface area contributed by atoms with E-state index in [1.807, 2.05) is 12.1 Å². The number of sulfonamides is 1. The lowest BCUT2D eigenvalue weighted by Crippen LogP contribution is -2.33. The minimum atomic E-state index is -3.46. The molecule has 0 aliphatic rings. The van der Waals surface area contributed by atoms with E-state index in [1.165, 1.54) is 4.90 Å². The lowest BCUT2D eigenvalue weighted by molar-refractivity contribution is -0.125. The molecule has 31 heavy (non-hydrogen) atoms. The average Bonchev–Trinajstić information content (AvgIpc) is 2.72. The van der Waals surface area contributed by atoms with E-state index in [1.54, 1.807) is 55.5 Å². The Balaban J connectivity index is 1.99. The smallest absolute Gasteiger partial charge is 0.229 e. The molecule has 2 rings (SSSR count). The van der Waals surface area contributed by atoms with Gasteiger partial charge in [-0.2, -0.15) is 5.26 Å². The molecule has 0 aliphatic carbocycles. The van der Waals surface area contributed by atoms with Crippen LogP contribution >= 0.6 is 0 Å². The van der Waals surface area contributed by atoms with E-state index in [0.717, 1.165) is 6.26 Å². The summed E-state index contributed by atoms with van der Waals surface area (Å²) in [6.07, 6.45) is 1.21. The van der Waals surface area contributed by atoms with Gasteiger partial charge in [0.2, 0.25) is 21.8 Å². The highest BCUT2D eigenvalue weighted by Gasteiger charge is 2.19. The summed E-state index contributed by atoms with van der Waals surface area (Å²) in [6, 6.07) is 17.4. The molecule has 0 saturated heterocycles. The molecule has 9 heteroatoms. The average molecular weight is 443 g/mol. The SMILES string of the molecule is CC(NC(=O)CCC(=O)N(CCC#N)c1ccccc1)c1ccccc1NS(C)(=O)=O. The van der Waals surface area contributed by atoms with Gasteiger partial charge in [0, 0.05) is 25.1 Å². The van der Waals surface area contributed by atoms with Crippen molar-refractivity contribution in [3.8, 4) is 6.07 Å². The first-order chi connectivity index (χ1) is 14.7. The second kappa shape index (κ2) is 11.1. The number of nitriles is 1. The van der Waals surface area contributed by atoms with Crippen LogP contribution < -0.4 is 14.9 Å². The van der Waals surface area contributed by atoms with E-state index in [4.69, 9.17) is 5.26 Å². The maximum Gasteiger partial charge on any atom is 0.229 e. The largest absolute Gasteiger partial charge is 0.349 e. The van der Waals surface area contributed by atoms with Crippen LogP contribution in [0.4, 0.5) is 11.4 Å². The summed E-state index contributed by atoms with van der Waals surface area (Å²) in [5.41, 5.74) is 1.69. The first-order valence-electron chi connectivity index (χ1n) is 9.79. The molecular formula is C22H26N4O4S. The Bertz CT molecular complexity index is 1050. The Morgan fingerprint density at radius 3 is 2.35 bits per heavy atom. The van der Waals surface area contributed by atoms with Crippen molar-refractivity contribution >= 4 is 33.2 Å². The van der Waals surface area contributed by atoms with Crippen LogP contribution in [0.5, 0.6) is 0 Å². The van der Waals surface area contributed by atoms with Gasteiger partial charge in [0.15, 0.2) is 0 Å². The quantitative estimate of drug-likeness (QED) is 0.586. The van der Waals surface area contributed by atoms with Crippen molar-refractivity contribution in [1.82, 2.24) is 5.32 Å². The van der Waals surface area contributed by atoms with Gasteiger partial charge in [-0.3, -0.25) is 14.3 Å². The van der Waals surface area contributed by atoms with Crippen LogP contribution in [0.2, 0.25) is 0 Å². The summed E-state index contributed by atoms with van der Waals surface area (Å²) in [4.78, 5) is 26.6. The minimum absolute atomic E-state index is 0.0118. The Morgan fingerprint density at radius 1 is 1.06 bits per heavy atom. The molecule has 0 radical (unpaired) electrons. The Hall–Kier alpha value is -3.38. The number of carbonyl (C=O) groups excluding carboxylic acids is 2. The fourth-order valence-electron chi connectivity index (χ4n) is 3.08. The molecule has 2 amide bonds. The van der Waals surface area contributed by atoms with E-state index < -0.39 is 16.1 Å². The topological polar surface area (TPSA) is 119 Å². The Morgan fingerprint density at radius 2 is 1.71 bits per heavy atom. The number of para-hydroxylation sites is 2. The van der Waals surface area contributed by atoms with Crippen LogP contribution in [0.3, 0.4) is 0 Å². The predicted molar refractivity (Wildman–Crippen MR) is 120 cm³/mol. The predicted octanol–water partition coefficient (Wildman–Crippen LogP) is 2.96. The molecule has 164 valence electrons. The van der Waals surface area contributed by atoms with Crippen molar-refractivity contribution in [3.63, 3.8) is 0 Å². The summed E-state index contributed by atoms with van der Waals surface area (Å²) in [5.74, 6) is -0.577. The zero-order valence-corrected chi connectivity index (χ0v) is 18.4. The summed E-state index contributed by atoms with van der Waals surface area (Å²) < 4.78 is 25.6. The Kier molecular flexibility index (Phi) is 8.58. The van der Waals surface area contributed by atoms with Gasteiger partial charge < -0.3 is 10.2 Å². The molecule has 0 aliphatic heterocycles. The molecule has 0 aromatic heterocycles. The van der Waals surface area contributed by atoms with Gasteiger partial charge >= 0.3 is 0 Å². The first kappa shape index (κ1) is 23.9. The number of rotatable bonds is 10. The molecule has 0 heterocycles. The van der Waals surface area contributed by atoms with Gasteiger partial charge in [0.05, 0.1) is 30.5 Å². The molecule has 0 bridgehead atoms. The summed E-state index contributed by atoms with van der Waals surface area (Å²) in [6.45, 7) is 1.99. The van der Waals surface area contributed by atoms with Crippen LogP contribution in [0.1, 0.15) is 37.8 Å². The molecule has 0 saturated carbocycles. The number of benzene rings is 2. The van der Waals surface area contributed by atoms with E-state index in [9.17, 15) is 18.0 Å². The minimum Gasteiger partial charge on any atom is -0.349 e. The third kappa shape index (κ3) is 7.75. The third-order valence-electron chi connectivity index (χ3n) is 4.48. The van der Waals surface area contributed by atoms with Crippen molar-refractivity contribution in [1.29, 1.82) is 5.26 Å². The summed E-state index contributed by atoms with van der Waals surface area (Å²) in [7, 11) is -3.46. The number of carbonyl (C=O) groups is 2. The fraction of sp³-hybridized carbons (Fsp3) is 0.318. The maximum atomic E-state index is 12.7. The zero-order chi connectivity index (χ0) is 22.9.